The molecule has 0 spiro atoms. The Morgan fingerprint density at radius 1 is 0.397 bits per heavy atom. The first-order valence-corrected chi connectivity index (χ1v) is 24.1. The number of nitrogens with zero attached hydrogens (tertiary/aromatic N) is 2. The van der Waals surface area contributed by atoms with E-state index in [1.54, 1.807) is 0 Å². The van der Waals surface area contributed by atoms with Crippen molar-refractivity contribution in [2.45, 2.75) is 220 Å². The Hall–Kier alpha value is -2.20. The minimum absolute atomic E-state index is 0.210. The van der Waals surface area contributed by atoms with Crippen LogP contribution >= 0.6 is 0 Å². The maximum Gasteiger partial charge on any atom is 0.308 e. The number of likely N-dealkylation sites (N-methyl/N-ethyl adjacent to an activating group) is 2. The highest BCUT2D eigenvalue weighted by Gasteiger charge is 2.20. The summed E-state index contributed by atoms with van der Waals surface area (Å²) in [5.74, 6) is -0.961. The molecule has 0 amide bonds. The lowest BCUT2D eigenvalue weighted by Crippen LogP contribution is -2.43. The first-order valence-electron chi connectivity index (χ1n) is 24.1. The van der Waals surface area contributed by atoms with Gasteiger partial charge >= 0.3 is 23.9 Å². The topological polar surface area (TPSA) is 105 Å². The highest BCUT2D eigenvalue weighted by atomic mass is 16.7. The minimum atomic E-state index is -0.780. The number of carbonyl (C=O) groups excluding carboxylic acids is 4. The smallest absolute Gasteiger partial charge is 0.308 e. The molecule has 0 radical (unpaired) electrons. The van der Waals surface area contributed by atoms with E-state index in [4.69, 9.17) is 18.9 Å². The number of hydrogen-bond acceptors (Lipinski definition) is 8. The van der Waals surface area contributed by atoms with E-state index in [9.17, 15) is 19.2 Å². The fourth-order valence-electron chi connectivity index (χ4n) is 7.36. The quantitative estimate of drug-likeness (QED) is 0.0197. The maximum atomic E-state index is 12.8. The Morgan fingerprint density at radius 2 is 0.690 bits per heavy atom. The second-order valence-electron chi connectivity index (χ2n) is 18.3. The molecule has 0 heterocycles. The Labute approximate surface area is 357 Å². The van der Waals surface area contributed by atoms with Crippen molar-refractivity contribution in [1.82, 2.24) is 0 Å². The van der Waals surface area contributed by atoms with Gasteiger partial charge in [0.25, 0.3) is 0 Å². The second kappa shape index (κ2) is 37.8. The average Bonchev–Trinajstić information content (AvgIpc) is 3.14. The maximum absolute atomic E-state index is 12.8. The van der Waals surface area contributed by atoms with E-state index in [1.807, 2.05) is 0 Å². The Morgan fingerprint density at radius 3 is 1.02 bits per heavy atom. The first kappa shape index (κ1) is 55.8. The number of carbonyl (C=O) groups is 4. The lowest BCUT2D eigenvalue weighted by molar-refractivity contribution is -0.890. The molecule has 0 aromatic carbocycles. The molecule has 1 atom stereocenters. The van der Waals surface area contributed by atoms with Crippen molar-refractivity contribution in [3.63, 3.8) is 0 Å². The van der Waals surface area contributed by atoms with Crippen molar-refractivity contribution in [2.75, 3.05) is 67.6 Å². The Balaban J connectivity index is 4.38. The van der Waals surface area contributed by atoms with Crippen molar-refractivity contribution in [3.05, 3.63) is 0 Å². The standard InChI is InChI=1S/C48H94N2O8/c1-8-9-10-11-12-13-14-15-16-19-22-27-32-37-48(58-47(54)36-31-26-24-29-34-39-50(6,7)41-43-56-45(3)52)57-46(53)35-30-25-21-18-17-20-23-28-33-38-49(4,5)40-42-55-44(2)51/h48H,8-43H2,1-7H3/q+2. The van der Waals surface area contributed by atoms with E-state index in [0.717, 1.165) is 99.4 Å². The van der Waals surface area contributed by atoms with E-state index >= 15 is 0 Å². The third-order valence-electron chi connectivity index (χ3n) is 11.4. The third kappa shape index (κ3) is 40.6. The van der Waals surface area contributed by atoms with Gasteiger partial charge in [0.1, 0.15) is 26.3 Å². The van der Waals surface area contributed by atoms with Crippen LogP contribution in [0.1, 0.15) is 213 Å². The van der Waals surface area contributed by atoms with Crippen LogP contribution in [0, 0.1) is 0 Å². The van der Waals surface area contributed by atoms with Gasteiger partial charge in [0.2, 0.25) is 6.29 Å². The van der Waals surface area contributed by atoms with Gasteiger partial charge in [-0.2, -0.15) is 0 Å². The predicted octanol–water partition coefficient (Wildman–Crippen LogP) is 11.4. The summed E-state index contributed by atoms with van der Waals surface area (Å²) >= 11 is 0. The van der Waals surface area contributed by atoms with Gasteiger partial charge in [0.15, 0.2) is 0 Å². The van der Waals surface area contributed by atoms with Crippen LogP contribution in [-0.2, 0) is 38.1 Å². The van der Waals surface area contributed by atoms with Crippen LogP contribution in [-0.4, -0.2) is 107 Å². The molecule has 0 aliphatic carbocycles. The normalized spacial score (nSPS) is 12.3. The summed E-state index contributed by atoms with van der Waals surface area (Å²) < 4.78 is 23.4. The van der Waals surface area contributed by atoms with Gasteiger partial charge in [-0.05, 0) is 44.9 Å². The van der Waals surface area contributed by atoms with Gasteiger partial charge in [-0.25, -0.2) is 0 Å². The average molecular weight is 827 g/mol. The highest BCUT2D eigenvalue weighted by molar-refractivity contribution is 5.71. The molecule has 0 bridgehead atoms. The van der Waals surface area contributed by atoms with Crippen LogP contribution in [0.3, 0.4) is 0 Å². The van der Waals surface area contributed by atoms with Crippen molar-refractivity contribution in [1.29, 1.82) is 0 Å². The monoisotopic (exact) mass is 827 g/mol. The fraction of sp³-hybridized carbons (Fsp3) is 0.917. The number of ether oxygens (including phenoxy) is 4. The first-order chi connectivity index (χ1) is 27.8. The molecule has 0 saturated carbocycles. The number of hydrogen-bond donors (Lipinski definition) is 0. The summed E-state index contributed by atoms with van der Waals surface area (Å²) in [7, 11) is 8.71. The van der Waals surface area contributed by atoms with E-state index in [1.165, 1.54) is 123 Å². The van der Waals surface area contributed by atoms with Gasteiger partial charge < -0.3 is 27.9 Å². The molecule has 342 valence electrons. The van der Waals surface area contributed by atoms with E-state index < -0.39 is 6.29 Å². The largest absolute Gasteiger partial charge is 0.460 e. The lowest BCUT2D eigenvalue weighted by Gasteiger charge is -2.29. The molecule has 1 unspecified atom stereocenters. The summed E-state index contributed by atoms with van der Waals surface area (Å²) in [6.07, 6.45) is 32.3. The molecule has 0 aliphatic rings. The van der Waals surface area contributed by atoms with Crippen LogP contribution < -0.4 is 0 Å². The van der Waals surface area contributed by atoms with Crippen LogP contribution in [0.2, 0.25) is 0 Å². The van der Waals surface area contributed by atoms with Gasteiger partial charge in [0.05, 0.1) is 41.3 Å². The second-order valence-corrected chi connectivity index (χ2v) is 18.3. The van der Waals surface area contributed by atoms with Crippen molar-refractivity contribution >= 4 is 23.9 Å². The molecule has 0 rings (SSSR count). The third-order valence-corrected chi connectivity index (χ3v) is 11.4. The number of quaternary nitrogens is 2. The molecule has 0 N–H and O–H groups in total. The van der Waals surface area contributed by atoms with Gasteiger partial charge in [0, 0.05) is 33.1 Å². The van der Waals surface area contributed by atoms with Gasteiger partial charge in [-0.1, -0.05) is 135 Å². The molecular formula is C48H94N2O8+2. The summed E-state index contributed by atoms with van der Waals surface area (Å²) in [4.78, 5) is 47.7. The lowest BCUT2D eigenvalue weighted by atomic mass is 10.0. The molecule has 0 fully saturated rings. The van der Waals surface area contributed by atoms with Crippen molar-refractivity contribution < 1.29 is 47.1 Å². The molecule has 0 aromatic heterocycles. The Bertz CT molecular complexity index is 1020. The summed E-state index contributed by atoms with van der Waals surface area (Å²) in [6.45, 7) is 9.88. The van der Waals surface area contributed by atoms with Crippen molar-refractivity contribution in [3.8, 4) is 0 Å². The van der Waals surface area contributed by atoms with Crippen LogP contribution in [0.5, 0.6) is 0 Å². The number of rotatable bonds is 42. The molecule has 0 saturated heterocycles. The molecule has 0 aromatic rings. The molecule has 0 aliphatic heterocycles. The van der Waals surface area contributed by atoms with Crippen LogP contribution in [0.15, 0.2) is 0 Å². The highest BCUT2D eigenvalue weighted by Crippen LogP contribution is 2.18. The zero-order chi connectivity index (χ0) is 43.2. The fourth-order valence-corrected chi connectivity index (χ4v) is 7.36. The van der Waals surface area contributed by atoms with Crippen LogP contribution in [0.4, 0.5) is 0 Å². The zero-order valence-electron chi connectivity index (χ0n) is 39.2. The predicted molar refractivity (Wildman–Crippen MR) is 237 cm³/mol. The van der Waals surface area contributed by atoms with Gasteiger partial charge in [-0.15, -0.1) is 0 Å². The SMILES string of the molecule is CCCCCCCCCCCCCCCC(OC(=O)CCCCCCCCCCC[N+](C)(C)CCOC(C)=O)OC(=O)CCCCCCC[N+](C)(C)CCOC(C)=O. The molecule has 10 heteroatoms. The summed E-state index contributed by atoms with van der Waals surface area (Å²) in [6, 6.07) is 0. The van der Waals surface area contributed by atoms with E-state index in [0.29, 0.717) is 32.5 Å². The number of unbranched alkanes of at least 4 members (excludes halogenated alkanes) is 24. The van der Waals surface area contributed by atoms with E-state index in [2.05, 4.69) is 35.1 Å². The minimum Gasteiger partial charge on any atom is -0.460 e. The van der Waals surface area contributed by atoms with Crippen LogP contribution in [0.25, 0.3) is 0 Å². The Kier molecular flexibility index (Phi) is 36.3. The molecule has 10 nitrogen and oxygen atoms in total. The molecule has 58 heavy (non-hydrogen) atoms. The summed E-state index contributed by atoms with van der Waals surface area (Å²) in [5.41, 5.74) is 0. The van der Waals surface area contributed by atoms with E-state index in [-0.39, 0.29) is 23.9 Å². The van der Waals surface area contributed by atoms with Crippen molar-refractivity contribution in [2.24, 2.45) is 0 Å². The van der Waals surface area contributed by atoms with Gasteiger partial charge in [-0.3, -0.25) is 19.2 Å². The zero-order valence-corrected chi connectivity index (χ0v) is 39.2. The number of esters is 4. The summed E-state index contributed by atoms with van der Waals surface area (Å²) in [5, 5.41) is 0. The molecular weight excluding hydrogens is 733 g/mol.